The van der Waals surface area contributed by atoms with E-state index < -0.39 is 28.2 Å². The second kappa shape index (κ2) is 5.64. The maximum absolute atomic E-state index is 15.7. The molecule has 1 aromatic carbocycles. The van der Waals surface area contributed by atoms with Crippen LogP contribution in [-0.2, 0) is 0 Å². The fraction of sp³-hybridized carbons (Fsp3) is 0.400. The molecule has 1 saturated carbocycles. The molecule has 3 heterocycles. The topological polar surface area (TPSA) is 84.1 Å². The number of nitrogens with one attached hydrogen (secondary N) is 1. The van der Waals surface area contributed by atoms with Crippen LogP contribution in [0.15, 0.2) is 27.9 Å². The summed E-state index contributed by atoms with van der Waals surface area (Å²) in [4.78, 5) is 29.3. The summed E-state index contributed by atoms with van der Waals surface area (Å²) < 4.78 is 32.4. The zero-order valence-corrected chi connectivity index (χ0v) is 15.4. The van der Waals surface area contributed by atoms with Gasteiger partial charge in [-0.2, -0.15) is 0 Å². The van der Waals surface area contributed by atoms with Crippen LogP contribution in [0.25, 0.3) is 21.8 Å². The van der Waals surface area contributed by atoms with Gasteiger partial charge in [-0.15, -0.1) is 0 Å². The lowest BCUT2D eigenvalue weighted by Crippen LogP contribution is -2.39. The summed E-state index contributed by atoms with van der Waals surface area (Å²) in [6.07, 6.45) is 3.69. The minimum absolute atomic E-state index is 0.0152. The Hall–Kier alpha value is -2.74. The van der Waals surface area contributed by atoms with Crippen molar-refractivity contribution >= 4 is 27.5 Å². The van der Waals surface area contributed by atoms with Crippen LogP contribution in [-0.4, -0.2) is 28.2 Å². The summed E-state index contributed by atoms with van der Waals surface area (Å²) >= 11 is 0. The zero-order valence-electron chi connectivity index (χ0n) is 15.4. The van der Waals surface area contributed by atoms with E-state index in [1.807, 2.05) is 6.92 Å². The van der Waals surface area contributed by atoms with E-state index in [-0.39, 0.29) is 28.0 Å². The second-order valence-electron chi connectivity index (χ2n) is 8.24. The van der Waals surface area contributed by atoms with Crippen molar-refractivity contribution in [3.8, 4) is 0 Å². The molecule has 2 fully saturated rings. The molecular formula is C20H20F2N4O2. The highest BCUT2D eigenvalue weighted by atomic mass is 19.1. The van der Waals surface area contributed by atoms with Gasteiger partial charge in [0.25, 0.3) is 5.56 Å². The van der Waals surface area contributed by atoms with Crippen LogP contribution >= 0.6 is 0 Å². The molecular weight excluding hydrogens is 366 g/mol. The van der Waals surface area contributed by atoms with Crippen LogP contribution < -0.4 is 21.6 Å². The highest BCUT2D eigenvalue weighted by molar-refractivity contribution is 5.95. The predicted octanol–water partition coefficient (Wildman–Crippen LogP) is 2.38. The summed E-state index contributed by atoms with van der Waals surface area (Å²) in [5, 5.41) is -0.172. The van der Waals surface area contributed by atoms with Gasteiger partial charge in [0.2, 0.25) is 5.43 Å². The average Bonchev–Trinajstić information content (AvgIpc) is 3.39. The van der Waals surface area contributed by atoms with Crippen LogP contribution in [0.4, 0.5) is 14.5 Å². The molecule has 1 unspecified atom stereocenters. The predicted molar refractivity (Wildman–Crippen MR) is 104 cm³/mol. The Balaban J connectivity index is 1.91. The Labute approximate surface area is 158 Å². The minimum atomic E-state index is -0.811. The van der Waals surface area contributed by atoms with E-state index in [4.69, 9.17) is 5.73 Å². The number of rotatable bonds is 2. The lowest BCUT2D eigenvalue weighted by Gasteiger charge is -2.24. The first-order valence-electron chi connectivity index (χ1n) is 9.40. The van der Waals surface area contributed by atoms with E-state index in [0.29, 0.717) is 25.0 Å². The molecule has 146 valence electrons. The summed E-state index contributed by atoms with van der Waals surface area (Å²) in [7, 11) is 0. The number of hydrogen-bond acceptors (Lipinski definition) is 4. The third-order valence-electron chi connectivity index (χ3n) is 5.81. The standard InChI is InChI=1S/C20H20F2N4O2/c1-20(23)5-7-25(9-20)17-12(21)8-11-16(15(17)22)26(10-2-3-10)13-4-6-24-19(28)14(13)18(11)27/h4,6,8,10H,2-3,5,7,9,23H2,1H3,(H,24,28). The van der Waals surface area contributed by atoms with Gasteiger partial charge in [0, 0.05) is 30.9 Å². The van der Waals surface area contributed by atoms with Crippen molar-refractivity contribution in [3.05, 3.63) is 50.5 Å². The number of nitrogens with zero attached hydrogens (tertiary/aromatic N) is 2. The van der Waals surface area contributed by atoms with Crippen molar-refractivity contribution in [2.75, 3.05) is 18.0 Å². The molecule has 1 aliphatic carbocycles. The largest absolute Gasteiger partial charge is 0.365 e. The fourth-order valence-corrected chi connectivity index (χ4v) is 4.33. The van der Waals surface area contributed by atoms with Crippen LogP contribution in [0, 0.1) is 11.6 Å². The average molecular weight is 386 g/mol. The normalized spacial score (nSPS) is 22.5. The number of aromatic amines is 1. The SMILES string of the molecule is CC1(N)CCN(c2c(F)cc3c(=O)c4c(=O)[nH]ccc4n(C4CC4)c3c2F)C1. The first-order chi connectivity index (χ1) is 13.3. The smallest absolute Gasteiger partial charge is 0.261 e. The van der Waals surface area contributed by atoms with Gasteiger partial charge in [-0.3, -0.25) is 9.59 Å². The van der Waals surface area contributed by atoms with Crippen LogP contribution in [0.3, 0.4) is 0 Å². The lowest BCUT2D eigenvalue weighted by molar-refractivity contribution is 0.521. The van der Waals surface area contributed by atoms with Crippen molar-refractivity contribution in [2.24, 2.45) is 5.73 Å². The third-order valence-corrected chi connectivity index (χ3v) is 5.81. The molecule has 2 aliphatic rings. The molecule has 0 spiro atoms. The zero-order chi connectivity index (χ0) is 19.8. The minimum Gasteiger partial charge on any atom is -0.365 e. The van der Waals surface area contributed by atoms with Crippen molar-refractivity contribution < 1.29 is 8.78 Å². The molecule has 8 heteroatoms. The third kappa shape index (κ3) is 2.40. The van der Waals surface area contributed by atoms with Crippen molar-refractivity contribution in [1.29, 1.82) is 0 Å². The number of H-pyrrole nitrogens is 1. The highest BCUT2D eigenvalue weighted by Gasteiger charge is 2.35. The van der Waals surface area contributed by atoms with Crippen molar-refractivity contribution in [2.45, 2.75) is 37.8 Å². The van der Waals surface area contributed by atoms with Crippen molar-refractivity contribution in [3.63, 3.8) is 0 Å². The van der Waals surface area contributed by atoms with Gasteiger partial charge in [0.15, 0.2) is 5.82 Å². The van der Waals surface area contributed by atoms with E-state index in [1.165, 1.54) is 6.20 Å². The Morgan fingerprint density at radius 2 is 2.04 bits per heavy atom. The maximum Gasteiger partial charge on any atom is 0.261 e. The molecule has 1 atom stereocenters. The quantitative estimate of drug-likeness (QED) is 0.663. The van der Waals surface area contributed by atoms with Gasteiger partial charge < -0.3 is 20.2 Å². The Morgan fingerprint density at radius 3 is 2.68 bits per heavy atom. The van der Waals surface area contributed by atoms with Crippen LogP contribution in [0.5, 0.6) is 0 Å². The summed E-state index contributed by atoms with van der Waals surface area (Å²) in [6.45, 7) is 2.62. The first-order valence-corrected chi connectivity index (χ1v) is 9.40. The van der Waals surface area contributed by atoms with Gasteiger partial charge in [-0.25, -0.2) is 8.78 Å². The van der Waals surface area contributed by atoms with E-state index in [2.05, 4.69) is 4.98 Å². The molecule has 5 rings (SSSR count). The van der Waals surface area contributed by atoms with Crippen LogP contribution in [0.1, 0.15) is 32.2 Å². The number of benzene rings is 1. The molecule has 3 N–H and O–H groups in total. The van der Waals surface area contributed by atoms with Gasteiger partial charge in [0.1, 0.15) is 16.9 Å². The summed E-state index contributed by atoms with van der Waals surface area (Å²) in [6, 6.07) is 2.65. The molecule has 0 radical (unpaired) electrons. The molecule has 0 bridgehead atoms. The Bertz CT molecular complexity index is 1260. The van der Waals surface area contributed by atoms with Gasteiger partial charge >= 0.3 is 0 Å². The second-order valence-corrected chi connectivity index (χ2v) is 8.24. The molecule has 2 aromatic heterocycles. The lowest BCUT2D eigenvalue weighted by atomic mass is 10.0. The maximum atomic E-state index is 15.7. The number of pyridine rings is 2. The number of hydrogen-bond donors (Lipinski definition) is 2. The van der Waals surface area contributed by atoms with Crippen LogP contribution in [0.2, 0.25) is 0 Å². The van der Waals surface area contributed by atoms with E-state index in [1.54, 1.807) is 15.5 Å². The molecule has 1 aliphatic heterocycles. The molecule has 0 amide bonds. The number of fused-ring (bicyclic) bond motifs is 2. The summed E-state index contributed by atoms with van der Waals surface area (Å²) in [5.41, 5.74) is 4.70. The number of anilines is 1. The van der Waals surface area contributed by atoms with Gasteiger partial charge in [0.05, 0.1) is 16.4 Å². The molecule has 6 nitrogen and oxygen atoms in total. The van der Waals surface area contributed by atoms with Gasteiger partial charge in [-0.1, -0.05) is 0 Å². The fourth-order valence-electron chi connectivity index (χ4n) is 4.33. The molecule has 3 aromatic rings. The molecule has 1 saturated heterocycles. The Kier molecular flexibility index (Phi) is 3.49. The highest BCUT2D eigenvalue weighted by Crippen LogP contribution is 2.41. The monoisotopic (exact) mass is 386 g/mol. The van der Waals surface area contributed by atoms with Crippen molar-refractivity contribution in [1.82, 2.24) is 9.55 Å². The number of halogens is 2. The van der Waals surface area contributed by atoms with E-state index in [0.717, 1.165) is 18.9 Å². The first kappa shape index (κ1) is 17.4. The number of aromatic nitrogens is 2. The number of nitrogens with two attached hydrogens (primary N) is 1. The summed E-state index contributed by atoms with van der Waals surface area (Å²) in [5.74, 6) is -1.58. The van der Waals surface area contributed by atoms with Gasteiger partial charge in [-0.05, 0) is 38.3 Å². The van der Waals surface area contributed by atoms with E-state index >= 15 is 4.39 Å². The molecule has 28 heavy (non-hydrogen) atoms. The Morgan fingerprint density at radius 1 is 1.29 bits per heavy atom. The van der Waals surface area contributed by atoms with E-state index in [9.17, 15) is 14.0 Å².